The minimum absolute atomic E-state index is 0.0401. The molecule has 0 saturated carbocycles. The fraction of sp³-hybridized carbons (Fsp3) is 0.304. The number of hydrogen-bond donors (Lipinski definition) is 2. The van der Waals surface area contributed by atoms with Crippen molar-refractivity contribution in [3.05, 3.63) is 69.7 Å². The zero-order valence-corrected chi connectivity index (χ0v) is 18.3. The first-order chi connectivity index (χ1) is 14.5. The van der Waals surface area contributed by atoms with Gasteiger partial charge in [0.1, 0.15) is 11.5 Å². The average molecular weight is 474 g/mol. The van der Waals surface area contributed by atoms with Gasteiger partial charge in [-0.15, -0.1) is 0 Å². The van der Waals surface area contributed by atoms with E-state index in [0.29, 0.717) is 29.9 Å². The molecule has 6 nitrogen and oxygen atoms in total. The smallest absolute Gasteiger partial charge is 0.295 e. The van der Waals surface area contributed by atoms with Gasteiger partial charge in [0.2, 0.25) is 0 Å². The maximum Gasteiger partial charge on any atom is 0.295 e. The lowest BCUT2D eigenvalue weighted by molar-refractivity contribution is -0.140. The maximum absolute atomic E-state index is 12.9. The van der Waals surface area contributed by atoms with Crippen LogP contribution in [0.4, 0.5) is 0 Å². The average Bonchev–Trinajstić information content (AvgIpc) is 3.01. The van der Waals surface area contributed by atoms with E-state index < -0.39 is 17.7 Å². The van der Waals surface area contributed by atoms with Gasteiger partial charge in [0, 0.05) is 23.2 Å². The van der Waals surface area contributed by atoms with Gasteiger partial charge in [0.15, 0.2) is 0 Å². The van der Waals surface area contributed by atoms with Crippen LogP contribution < -0.4 is 4.74 Å². The van der Waals surface area contributed by atoms with Crippen LogP contribution in [0.5, 0.6) is 5.75 Å². The van der Waals surface area contributed by atoms with Crippen LogP contribution in [0, 0.1) is 0 Å². The molecule has 2 N–H and O–H groups in total. The van der Waals surface area contributed by atoms with Gasteiger partial charge in [-0.1, -0.05) is 35.0 Å². The SMILES string of the molecule is CCCOc1ccc(C(O)=C2C(=O)C(=O)N(CCCO)[C@H]2c2cccc(Br)c2)cc1. The summed E-state index contributed by atoms with van der Waals surface area (Å²) in [4.78, 5) is 27.0. The van der Waals surface area contributed by atoms with Crippen molar-refractivity contribution in [2.45, 2.75) is 25.8 Å². The summed E-state index contributed by atoms with van der Waals surface area (Å²) in [6, 6.07) is 13.3. The normalized spacial score (nSPS) is 18.1. The lowest BCUT2D eigenvalue weighted by Crippen LogP contribution is -2.31. The molecule has 1 saturated heterocycles. The Bertz CT molecular complexity index is 954. The van der Waals surface area contributed by atoms with Gasteiger partial charge in [-0.25, -0.2) is 0 Å². The molecule has 2 aromatic rings. The number of carbonyl (C=O) groups is 2. The second-order valence-electron chi connectivity index (χ2n) is 7.00. The Morgan fingerprint density at radius 3 is 2.53 bits per heavy atom. The molecule has 7 heteroatoms. The maximum atomic E-state index is 12.9. The summed E-state index contributed by atoms with van der Waals surface area (Å²) < 4.78 is 6.36. The molecule has 0 bridgehead atoms. The molecule has 1 heterocycles. The third kappa shape index (κ3) is 4.57. The molecule has 0 aliphatic carbocycles. The van der Waals surface area contributed by atoms with Crippen LogP contribution in [0.1, 0.15) is 36.9 Å². The molecule has 3 rings (SSSR count). The van der Waals surface area contributed by atoms with Crippen molar-refractivity contribution in [1.82, 2.24) is 4.90 Å². The zero-order chi connectivity index (χ0) is 21.7. The molecule has 1 aliphatic rings. The monoisotopic (exact) mass is 473 g/mol. The first-order valence-corrected chi connectivity index (χ1v) is 10.6. The number of halogens is 1. The molecule has 1 atom stereocenters. The fourth-order valence-electron chi connectivity index (χ4n) is 3.46. The van der Waals surface area contributed by atoms with E-state index >= 15 is 0 Å². The third-order valence-corrected chi connectivity index (χ3v) is 5.36. The van der Waals surface area contributed by atoms with E-state index in [4.69, 9.17) is 4.74 Å². The van der Waals surface area contributed by atoms with E-state index in [0.717, 1.165) is 10.9 Å². The minimum atomic E-state index is -0.735. The predicted molar refractivity (Wildman–Crippen MR) is 117 cm³/mol. The van der Waals surface area contributed by atoms with Crippen molar-refractivity contribution in [1.29, 1.82) is 0 Å². The van der Waals surface area contributed by atoms with Gasteiger partial charge in [-0.2, -0.15) is 0 Å². The summed E-state index contributed by atoms with van der Waals surface area (Å²) in [5.74, 6) is -0.980. The van der Waals surface area contributed by atoms with Gasteiger partial charge in [-0.05, 0) is 54.8 Å². The number of aliphatic hydroxyl groups is 2. The number of likely N-dealkylation sites (tertiary alicyclic amines) is 1. The Morgan fingerprint density at radius 2 is 1.90 bits per heavy atom. The van der Waals surface area contributed by atoms with Crippen LogP contribution in [0.25, 0.3) is 5.76 Å². The van der Waals surface area contributed by atoms with Crippen molar-refractivity contribution < 1.29 is 24.5 Å². The van der Waals surface area contributed by atoms with Crippen molar-refractivity contribution in [2.75, 3.05) is 19.8 Å². The number of aliphatic hydroxyl groups excluding tert-OH is 2. The number of benzene rings is 2. The molecule has 1 aliphatic heterocycles. The third-order valence-electron chi connectivity index (χ3n) is 4.86. The van der Waals surface area contributed by atoms with Crippen LogP contribution in [0.15, 0.2) is 58.6 Å². The highest BCUT2D eigenvalue weighted by atomic mass is 79.9. The molecule has 1 amide bonds. The summed E-state index contributed by atoms with van der Waals surface area (Å²) in [6.07, 6.45) is 1.21. The van der Waals surface area contributed by atoms with E-state index in [2.05, 4.69) is 15.9 Å². The number of amides is 1. The van der Waals surface area contributed by atoms with Crippen LogP contribution in [0.3, 0.4) is 0 Å². The Balaban J connectivity index is 2.06. The Labute approximate surface area is 183 Å². The number of hydrogen-bond acceptors (Lipinski definition) is 5. The Morgan fingerprint density at radius 1 is 1.17 bits per heavy atom. The predicted octanol–water partition coefficient (Wildman–Crippen LogP) is 4.04. The van der Waals surface area contributed by atoms with E-state index in [9.17, 15) is 19.8 Å². The number of Topliss-reactive ketones (excluding diaryl/α,β-unsaturated/α-hetero) is 1. The van der Waals surface area contributed by atoms with E-state index in [1.807, 2.05) is 31.2 Å². The highest BCUT2D eigenvalue weighted by Gasteiger charge is 2.45. The number of ketones is 1. The molecule has 30 heavy (non-hydrogen) atoms. The summed E-state index contributed by atoms with van der Waals surface area (Å²) >= 11 is 3.42. The Hall–Kier alpha value is -2.64. The second kappa shape index (κ2) is 9.91. The molecule has 2 aromatic carbocycles. The Kier molecular flexibility index (Phi) is 7.29. The number of carbonyl (C=O) groups excluding carboxylic acids is 2. The summed E-state index contributed by atoms with van der Waals surface area (Å²) in [7, 11) is 0. The number of rotatable bonds is 8. The van der Waals surface area contributed by atoms with Crippen LogP contribution in [-0.4, -0.2) is 46.6 Å². The molecule has 1 fully saturated rings. The highest BCUT2D eigenvalue weighted by molar-refractivity contribution is 9.10. The molecule has 0 radical (unpaired) electrons. The molecular formula is C23H24BrNO5. The first kappa shape index (κ1) is 22.1. The topological polar surface area (TPSA) is 87.1 Å². The lowest BCUT2D eigenvalue weighted by atomic mass is 9.95. The van der Waals surface area contributed by atoms with E-state index in [1.54, 1.807) is 24.3 Å². The van der Waals surface area contributed by atoms with E-state index in [1.165, 1.54) is 4.90 Å². The fourth-order valence-corrected chi connectivity index (χ4v) is 3.88. The van der Waals surface area contributed by atoms with E-state index in [-0.39, 0.29) is 24.5 Å². The van der Waals surface area contributed by atoms with Crippen molar-refractivity contribution in [2.24, 2.45) is 0 Å². The van der Waals surface area contributed by atoms with Gasteiger partial charge in [-0.3, -0.25) is 9.59 Å². The van der Waals surface area contributed by atoms with Crippen molar-refractivity contribution in [3.63, 3.8) is 0 Å². The van der Waals surface area contributed by atoms with Crippen LogP contribution in [-0.2, 0) is 9.59 Å². The summed E-state index contributed by atoms with van der Waals surface area (Å²) in [5.41, 5.74) is 1.17. The van der Waals surface area contributed by atoms with Crippen molar-refractivity contribution in [3.8, 4) is 5.75 Å². The van der Waals surface area contributed by atoms with Crippen molar-refractivity contribution >= 4 is 33.4 Å². The second-order valence-corrected chi connectivity index (χ2v) is 7.91. The minimum Gasteiger partial charge on any atom is -0.507 e. The van der Waals surface area contributed by atoms with Crippen LogP contribution in [0.2, 0.25) is 0 Å². The molecule has 0 unspecified atom stereocenters. The largest absolute Gasteiger partial charge is 0.507 e. The highest BCUT2D eigenvalue weighted by Crippen LogP contribution is 2.40. The molecule has 0 aromatic heterocycles. The van der Waals surface area contributed by atoms with Gasteiger partial charge in [0.05, 0.1) is 18.2 Å². The molecule has 158 valence electrons. The van der Waals surface area contributed by atoms with Gasteiger partial charge in [0.25, 0.3) is 11.7 Å². The standard InChI is InChI=1S/C23H24BrNO5/c1-2-13-30-18-9-7-15(8-10-18)21(27)19-20(16-5-3-6-17(24)14-16)25(11-4-12-26)23(29)22(19)28/h3,5-10,14,20,26-27H,2,4,11-13H2,1H3/t20-/m0/s1. The molecule has 0 spiro atoms. The summed E-state index contributed by atoms with van der Waals surface area (Å²) in [6.45, 7) is 2.70. The van der Waals surface area contributed by atoms with Gasteiger partial charge < -0.3 is 19.8 Å². The first-order valence-electron chi connectivity index (χ1n) is 9.86. The molecular weight excluding hydrogens is 450 g/mol. The number of nitrogens with zero attached hydrogens (tertiary/aromatic N) is 1. The zero-order valence-electron chi connectivity index (χ0n) is 16.7. The quantitative estimate of drug-likeness (QED) is 0.343. The number of ether oxygens (including phenoxy) is 1. The lowest BCUT2D eigenvalue weighted by Gasteiger charge is -2.25. The summed E-state index contributed by atoms with van der Waals surface area (Å²) in [5, 5.41) is 20.2. The van der Waals surface area contributed by atoms with Gasteiger partial charge >= 0.3 is 0 Å². The van der Waals surface area contributed by atoms with Crippen LogP contribution >= 0.6 is 15.9 Å².